The Morgan fingerprint density at radius 1 is 1.32 bits per heavy atom. The summed E-state index contributed by atoms with van der Waals surface area (Å²) in [5.74, 6) is -1.02. The van der Waals surface area contributed by atoms with E-state index in [1.807, 2.05) is 0 Å². The highest BCUT2D eigenvalue weighted by atomic mass is 32.2. The van der Waals surface area contributed by atoms with E-state index in [0.29, 0.717) is 12.8 Å². The summed E-state index contributed by atoms with van der Waals surface area (Å²) in [5.41, 5.74) is -0.641. The van der Waals surface area contributed by atoms with Crippen LogP contribution in [0.15, 0.2) is 28.3 Å². The fraction of sp³-hybridized carbons (Fsp3) is 0.556. The Morgan fingerprint density at radius 3 is 2.71 bits per heavy atom. The van der Waals surface area contributed by atoms with Gasteiger partial charge >= 0.3 is 5.97 Å². The molecule has 3 rings (SSSR count). The third kappa shape index (κ3) is 4.09. The van der Waals surface area contributed by atoms with Crippen molar-refractivity contribution in [1.29, 1.82) is 5.26 Å². The molecule has 2 heterocycles. The van der Waals surface area contributed by atoms with E-state index in [-0.39, 0.29) is 23.7 Å². The fourth-order valence-electron chi connectivity index (χ4n) is 3.53. The number of hydrogen-bond acceptors (Lipinski definition) is 7. The number of nitriles is 1. The zero-order valence-electron chi connectivity index (χ0n) is 15.6. The Kier molecular flexibility index (Phi) is 5.56. The molecule has 0 aromatic heterocycles. The molecular formula is C18H22N4O5S. The molecule has 1 saturated carbocycles. The van der Waals surface area contributed by atoms with E-state index in [1.54, 1.807) is 11.9 Å². The molecule has 0 radical (unpaired) electrons. The van der Waals surface area contributed by atoms with Crippen molar-refractivity contribution in [2.45, 2.75) is 37.6 Å². The van der Waals surface area contributed by atoms with Crippen molar-refractivity contribution < 1.29 is 22.7 Å². The van der Waals surface area contributed by atoms with E-state index in [4.69, 9.17) is 4.74 Å². The molecule has 10 heteroatoms. The molecule has 0 N–H and O–H groups in total. The standard InChI is InChI=1S/C18H22N4O5S/c1-21(18(13-19)7-3-2-4-8-18)16(23)12-27-17(24)14-5-6-15-20-28(25,26)10-9-22(15)11-14/h5-6,11H,2-4,7-10,12H2,1H3. The Balaban J connectivity index is 1.60. The molecule has 0 spiro atoms. The zero-order chi connectivity index (χ0) is 20.4. The van der Waals surface area contributed by atoms with Crippen LogP contribution >= 0.6 is 0 Å². The first-order valence-corrected chi connectivity index (χ1v) is 10.7. The summed E-state index contributed by atoms with van der Waals surface area (Å²) >= 11 is 0. The molecule has 2 aliphatic heterocycles. The maximum Gasteiger partial charge on any atom is 0.340 e. The van der Waals surface area contributed by atoms with Crippen molar-refractivity contribution in [3.05, 3.63) is 23.9 Å². The van der Waals surface area contributed by atoms with Gasteiger partial charge < -0.3 is 14.5 Å². The smallest absolute Gasteiger partial charge is 0.340 e. The summed E-state index contributed by atoms with van der Waals surface area (Å²) in [5, 5.41) is 9.56. The van der Waals surface area contributed by atoms with E-state index < -0.39 is 34.0 Å². The molecule has 3 aliphatic rings. The van der Waals surface area contributed by atoms with Crippen LogP contribution in [-0.2, 0) is 24.3 Å². The van der Waals surface area contributed by atoms with Crippen molar-refractivity contribution in [1.82, 2.24) is 9.80 Å². The Bertz CT molecular complexity index is 907. The second-order valence-electron chi connectivity index (χ2n) is 7.08. The third-order valence-electron chi connectivity index (χ3n) is 5.29. The first kappa shape index (κ1) is 20.1. The number of esters is 1. The molecule has 1 fully saturated rings. The molecule has 0 aromatic carbocycles. The van der Waals surface area contributed by atoms with E-state index in [9.17, 15) is 23.3 Å². The molecule has 0 saturated heterocycles. The van der Waals surface area contributed by atoms with Gasteiger partial charge in [0.15, 0.2) is 6.61 Å². The summed E-state index contributed by atoms with van der Waals surface area (Å²) in [6.07, 6.45) is 8.35. The predicted molar refractivity (Wildman–Crippen MR) is 100 cm³/mol. The van der Waals surface area contributed by atoms with Gasteiger partial charge in [0.25, 0.3) is 15.9 Å². The largest absolute Gasteiger partial charge is 0.452 e. The Morgan fingerprint density at radius 2 is 2.04 bits per heavy atom. The average molecular weight is 406 g/mol. The maximum atomic E-state index is 12.5. The number of carbonyl (C=O) groups excluding carboxylic acids is 2. The van der Waals surface area contributed by atoms with Gasteiger partial charge in [-0.05, 0) is 25.0 Å². The Labute approximate surface area is 164 Å². The van der Waals surface area contributed by atoms with E-state index >= 15 is 0 Å². The number of rotatable bonds is 4. The lowest BCUT2D eigenvalue weighted by Crippen LogP contribution is -2.51. The molecule has 0 unspecified atom stereocenters. The summed E-state index contributed by atoms with van der Waals surface area (Å²) in [4.78, 5) is 27.7. The van der Waals surface area contributed by atoms with Gasteiger partial charge in [0.1, 0.15) is 11.4 Å². The monoisotopic (exact) mass is 406 g/mol. The first-order chi connectivity index (χ1) is 13.3. The van der Waals surface area contributed by atoms with Gasteiger partial charge in [-0.15, -0.1) is 4.40 Å². The van der Waals surface area contributed by atoms with Gasteiger partial charge in [0, 0.05) is 19.8 Å². The van der Waals surface area contributed by atoms with Crippen molar-refractivity contribution in [3.8, 4) is 6.07 Å². The topological polar surface area (TPSA) is 120 Å². The molecule has 0 aromatic rings. The van der Waals surface area contributed by atoms with Crippen LogP contribution in [-0.4, -0.2) is 67.4 Å². The lowest BCUT2D eigenvalue weighted by molar-refractivity contribution is -0.150. The van der Waals surface area contributed by atoms with Crippen molar-refractivity contribution in [2.75, 3.05) is 26.0 Å². The molecular weight excluding hydrogens is 384 g/mol. The highest BCUT2D eigenvalue weighted by molar-refractivity contribution is 7.90. The maximum absolute atomic E-state index is 12.5. The molecule has 0 bridgehead atoms. The van der Waals surface area contributed by atoms with E-state index in [0.717, 1.165) is 19.3 Å². The van der Waals surface area contributed by atoms with Crippen molar-refractivity contribution in [3.63, 3.8) is 0 Å². The van der Waals surface area contributed by atoms with Gasteiger partial charge in [-0.25, -0.2) is 13.2 Å². The lowest BCUT2D eigenvalue weighted by Gasteiger charge is -2.38. The quantitative estimate of drug-likeness (QED) is 0.631. The summed E-state index contributed by atoms with van der Waals surface area (Å²) in [7, 11) is -1.90. The van der Waals surface area contributed by atoms with Crippen molar-refractivity contribution >= 4 is 27.7 Å². The molecule has 0 atom stereocenters. The number of likely N-dealkylation sites (N-methyl/N-ethyl adjacent to an activating group) is 1. The van der Waals surface area contributed by atoms with Gasteiger partial charge in [-0.2, -0.15) is 5.26 Å². The second kappa shape index (κ2) is 7.75. The summed E-state index contributed by atoms with van der Waals surface area (Å²) in [6, 6.07) is 2.26. The van der Waals surface area contributed by atoms with Gasteiger partial charge in [-0.1, -0.05) is 19.3 Å². The highest BCUT2D eigenvalue weighted by Crippen LogP contribution is 2.32. The molecule has 1 amide bonds. The lowest BCUT2D eigenvalue weighted by atomic mass is 9.81. The summed E-state index contributed by atoms with van der Waals surface area (Å²) < 4.78 is 31.8. The van der Waals surface area contributed by atoms with Crippen LogP contribution in [0.5, 0.6) is 0 Å². The number of carbonyl (C=O) groups is 2. The number of ether oxygens (including phenoxy) is 1. The molecule has 9 nitrogen and oxygen atoms in total. The molecule has 28 heavy (non-hydrogen) atoms. The zero-order valence-corrected chi connectivity index (χ0v) is 16.4. The molecule has 1 aliphatic carbocycles. The minimum absolute atomic E-state index is 0.136. The normalized spacial score (nSPS) is 22.2. The fourth-order valence-corrected chi connectivity index (χ4v) is 4.50. The van der Waals surface area contributed by atoms with Gasteiger partial charge in [-0.3, -0.25) is 4.79 Å². The van der Waals surface area contributed by atoms with Crippen LogP contribution in [0, 0.1) is 11.3 Å². The number of sulfonamides is 1. The Hall–Kier alpha value is -2.67. The van der Waals surface area contributed by atoms with Crippen LogP contribution < -0.4 is 0 Å². The van der Waals surface area contributed by atoms with Crippen LogP contribution in [0.25, 0.3) is 0 Å². The number of amides is 1. The van der Waals surface area contributed by atoms with Gasteiger partial charge in [0.05, 0.1) is 17.4 Å². The van der Waals surface area contributed by atoms with E-state index in [2.05, 4.69) is 10.5 Å². The summed E-state index contributed by atoms with van der Waals surface area (Å²) in [6.45, 7) is -0.270. The van der Waals surface area contributed by atoms with Crippen LogP contribution in [0.4, 0.5) is 0 Å². The predicted octanol–water partition coefficient (Wildman–Crippen LogP) is 0.712. The first-order valence-electron chi connectivity index (χ1n) is 9.11. The van der Waals surface area contributed by atoms with Crippen LogP contribution in [0.1, 0.15) is 32.1 Å². The minimum Gasteiger partial charge on any atom is -0.452 e. The van der Waals surface area contributed by atoms with E-state index in [1.165, 1.54) is 23.3 Å². The third-order valence-corrected chi connectivity index (χ3v) is 6.46. The average Bonchev–Trinajstić information content (AvgIpc) is 2.70. The van der Waals surface area contributed by atoms with Crippen molar-refractivity contribution in [2.24, 2.45) is 4.40 Å². The highest BCUT2D eigenvalue weighted by Gasteiger charge is 2.39. The van der Waals surface area contributed by atoms with Crippen LogP contribution in [0.2, 0.25) is 0 Å². The van der Waals surface area contributed by atoms with Crippen LogP contribution in [0.3, 0.4) is 0 Å². The second-order valence-corrected chi connectivity index (χ2v) is 8.83. The number of fused-ring (bicyclic) bond motifs is 1. The number of hydrogen-bond donors (Lipinski definition) is 0. The number of nitrogens with zero attached hydrogens (tertiary/aromatic N) is 4. The molecule has 150 valence electrons. The SMILES string of the molecule is CN(C(=O)COC(=O)C1=CN2CCS(=O)(=O)N=C2C=C1)C1(C#N)CCCCC1. The number of amidine groups is 1. The van der Waals surface area contributed by atoms with Gasteiger partial charge in [0.2, 0.25) is 0 Å². The minimum atomic E-state index is -3.47.